The molecule has 3 rings (SSSR count). The van der Waals surface area contributed by atoms with Crippen molar-refractivity contribution in [2.75, 3.05) is 12.8 Å². The molecule has 0 bridgehead atoms. The van der Waals surface area contributed by atoms with Crippen molar-refractivity contribution in [2.45, 2.75) is 18.8 Å². The Balaban J connectivity index is 2.03. The standard InChI is InChI=1S/C12H12IN5O/c1-19-8-5-4-7(17-18-8)12-15-10(6-2-3-6)9(13)11(14)16-12/h4-6H,2-3H2,1H3,(H2,14,15,16). The van der Waals surface area contributed by atoms with Crippen molar-refractivity contribution in [1.82, 2.24) is 20.2 Å². The highest BCUT2D eigenvalue weighted by Crippen LogP contribution is 2.42. The molecule has 2 aromatic heterocycles. The highest BCUT2D eigenvalue weighted by molar-refractivity contribution is 14.1. The van der Waals surface area contributed by atoms with Crippen molar-refractivity contribution in [2.24, 2.45) is 0 Å². The predicted octanol–water partition coefficient (Wildman–Crippen LogP) is 2.01. The molecule has 0 spiro atoms. The van der Waals surface area contributed by atoms with Crippen LogP contribution in [0.2, 0.25) is 0 Å². The van der Waals surface area contributed by atoms with E-state index < -0.39 is 0 Å². The van der Waals surface area contributed by atoms with E-state index in [1.807, 2.05) is 0 Å². The van der Waals surface area contributed by atoms with Gasteiger partial charge in [-0.1, -0.05) is 0 Å². The molecule has 0 radical (unpaired) electrons. The average molecular weight is 369 g/mol. The van der Waals surface area contributed by atoms with Crippen LogP contribution in [-0.4, -0.2) is 27.3 Å². The van der Waals surface area contributed by atoms with Crippen LogP contribution in [0.3, 0.4) is 0 Å². The number of methoxy groups -OCH3 is 1. The van der Waals surface area contributed by atoms with Gasteiger partial charge in [-0.3, -0.25) is 0 Å². The molecule has 7 heteroatoms. The van der Waals surface area contributed by atoms with Gasteiger partial charge in [0.1, 0.15) is 11.5 Å². The van der Waals surface area contributed by atoms with Crippen LogP contribution in [-0.2, 0) is 0 Å². The number of hydrogen-bond donors (Lipinski definition) is 1. The maximum absolute atomic E-state index is 5.95. The molecular weight excluding hydrogens is 357 g/mol. The SMILES string of the molecule is COc1ccc(-c2nc(N)c(I)c(C3CC3)n2)nn1. The van der Waals surface area contributed by atoms with Crippen molar-refractivity contribution in [3.05, 3.63) is 21.4 Å². The van der Waals surface area contributed by atoms with Crippen molar-refractivity contribution < 1.29 is 4.74 Å². The maximum atomic E-state index is 5.95. The van der Waals surface area contributed by atoms with E-state index in [9.17, 15) is 0 Å². The minimum atomic E-state index is 0.463. The van der Waals surface area contributed by atoms with Gasteiger partial charge >= 0.3 is 0 Å². The van der Waals surface area contributed by atoms with Crippen LogP contribution in [0.5, 0.6) is 5.88 Å². The third kappa shape index (κ3) is 2.46. The van der Waals surface area contributed by atoms with Gasteiger partial charge < -0.3 is 10.5 Å². The number of anilines is 1. The Kier molecular flexibility index (Phi) is 3.21. The summed E-state index contributed by atoms with van der Waals surface area (Å²) in [7, 11) is 1.55. The molecule has 2 aromatic rings. The summed E-state index contributed by atoms with van der Waals surface area (Å²) in [5, 5.41) is 7.97. The van der Waals surface area contributed by atoms with Crippen LogP contribution in [0.15, 0.2) is 12.1 Å². The first kappa shape index (κ1) is 12.5. The lowest BCUT2D eigenvalue weighted by molar-refractivity contribution is 0.392. The molecule has 1 aliphatic rings. The molecule has 19 heavy (non-hydrogen) atoms. The minimum Gasteiger partial charge on any atom is -0.480 e. The summed E-state index contributed by atoms with van der Waals surface area (Å²) in [6, 6.07) is 3.51. The Morgan fingerprint density at radius 2 is 2.05 bits per heavy atom. The first-order valence-electron chi connectivity index (χ1n) is 5.90. The predicted molar refractivity (Wildman–Crippen MR) is 78.7 cm³/mol. The monoisotopic (exact) mass is 369 g/mol. The second-order valence-corrected chi connectivity index (χ2v) is 5.45. The lowest BCUT2D eigenvalue weighted by Crippen LogP contribution is -2.05. The van der Waals surface area contributed by atoms with E-state index in [1.165, 1.54) is 12.8 Å². The van der Waals surface area contributed by atoms with Gasteiger partial charge in [-0.15, -0.1) is 10.2 Å². The zero-order chi connectivity index (χ0) is 13.4. The van der Waals surface area contributed by atoms with Crippen LogP contribution >= 0.6 is 22.6 Å². The molecule has 1 aliphatic carbocycles. The molecule has 6 nitrogen and oxygen atoms in total. The number of ether oxygens (including phenoxy) is 1. The number of nitrogen functional groups attached to an aromatic ring is 1. The fraction of sp³-hybridized carbons (Fsp3) is 0.333. The Morgan fingerprint density at radius 3 is 2.63 bits per heavy atom. The number of aromatic nitrogens is 4. The molecule has 0 aliphatic heterocycles. The van der Waals surface area contributed by atoms with Crippen molar-refractivity contribution >= 4 is 28.4 Å². The van der Waals surface area contributed by atoms with Gasteiger partial charge in [-0.05, 0) is 41.5 Å². The highest BCUT2D eigenvalue weighted by atomic mass is 127. The molecule has 98 valence electrons. The third-order valence-corrected chi connectivity index (χ3v) is 4.05. The van der Waals surface area contributed by atoms with E-state index in [-0.39, 0.29) is 0 Å². The fourth-order valence-electron chi connectivity index (χ4n) is 1.77. The number of nitrogens with two attached hydrogens (primary N) is 1. The second kappa shape index (κ2) is 4.87. The van der Waals surface area contributed by atoms with Crippen molar-refractivity contribution in [3.8, 4) is 17.4 Å². The first-order chi connectivity index (χ1) is 9.19. The summed E-state index contributed by atoms with van der Waals surface area (Å²) in [5.41, 5.74) is 7.58. The van der Waals surface area contributed by atoms with Crippen LogP contribution in [0.1, 0.15) is 24.5 Å². The van der Waals surface area contributed by atoms with Gasteiger partial charge in [0, 0.05) is 12.0 Å². The van der Waals surface area contributed by atoms with E-state index in [2.05, 4.69) is 42.8 Å². The lowest BCUT2D eigenvalue weighted by Gasteiger charge is -2.07. The number of nitrogens with zero attached hydrogens (tertiary/aromatic N) is 4. The van der Waals surface area contributed by atoms with Gasteiger partial charge in [0.2, 0.25) is 5.88 Å². The summed E-state index contributed by atoms with van der Waals surface area (Å²) in [5.74, 6) is 2.01. The molecular formula is C12H12IN5O. The Bertz CT molecular complexity index is 612. The number of halogens is 1. The number of rotatable bonds is 3. The normalized spacial score (nSPS) is 14.4. The summed E-state index contributed by atoms with van der Waals surface area (Å²) < 4.78 is 5.93. The topological polar surface area (TPSA) is 86.8 Å². The van der Waals surface area contributed by atoms with Gasteiger partial charge in [0.25, 0.3) is 0 Å². The van der Waals surface area contributed by atoms with E-state index in [4.69, 9.17) is 10.5 Å². The van der Waals surface area contributed by atoms with E-state index >= 15 is 0 Å². The first-order valence-corrected chi connectivity index (χ1v) is 6.98. The van der Waals surface area contributed by atoms with Crippen molar-refractivity contribution in [1.29, 1.82) is 0 Å². The van der Waals surface area contributed by atoms with Crippen LogP contribution < -0.4 is 10.5 Å². The third-order valence-electron chi connectivity index (χ3n) is 2.94. The smallest absolute Gasteiger partial charge is 0.233 e. The average Bonchev–Trinajstić information content (AvgIpc) is 3.26. The molecule has 0 unspecified atom stereocenters. The van der Waals surface area contributed by atoms with Crippen LogP contribution in [0.25, 0.3) is 11.5 Å². The Hall–Kier alpha value is -1.51. The maximum Gasteiger partial charge on any atom is 0.233 e. The molecule has 0 amide bonds. The lowest BCUT2D eigenvalue weighted by atomic mass is 10.2. The van der Waals surface area contributed by atoms with E-state index in [1.54, 1.807) is 19.2 Å². The van der Waals surface area contributed by atoms with Gasteiger partial charge in [0.15, 0.2) is 5.82 Å². The number of hydrogen-bond acceptors (Lipinski definition) is 6. The molecule has 0 aromatic carbocycles. The van der Waals surface area contributed by atoms with Gasteiger partial charge in [0.05, 0.1) is 16.4 Å². The highest BCUT2D eigenvalue weighted by Gasteiger charge is 2.29. The van der Waals surface area contributed by atoms with Gasteiger partial charge in [-0.2, -0.15) is 0 Å². The summed E-state index contributed by atoms with van der Waals surface area (Å²) in [6.45, 7) is 0. The van der Waals surface area contributed by atoms with E-state index in [0.29, 0.717) is 29.1 Å². The molecule has 0 atom stereocenters. The quantitative estimate of drug-likeness (QED) is 0.833. The van der Waals surface area contributed by atoms with Crippen LogP contribution in [0, 0.1) is 3.57 Å². The summed E-state index contributed by atoms with van der Waals surface area (Å²) in [4.78, 5) is 8.86. The molecule has 0 saturated heterocycles. The van der Waals surface area contributed by atoms with Crippen molar-refractivity contribution in [3.63, 3.8) is 0 Å². The second-order valence-electron chi connectivity index (χ2n) is 4.37. The molecule has 2 heterocycles. The van der Waals surface area contributed by atoms with Gasteiger partial charge in [-0.25, -0.2) is 9.97 Å². The Morgan fingerprint density at radius 1 is 1.26 bits per heavy atom. The molecule has 1 saturated carbocycles. The zero-order valence-corrected chi connectivity index (χ0v) is 12.5. The minimum absolute atomic E-state index is 0.463. The molecule has 1 fully saturated rings. The van der Waals surface area contributed by atoms with E-state index in [0.717, 1.165) is 9.26 Å². The Labute approximate surface area is 124 Å². The van der Waals surface area contributed by atoms with Crippen LogP contribution in [0.4, 0.5) is 5.82 Å². The largest absolute Gasteiger partial charge is 0.480 e. The zero-order valence-electron chi connectivity index (χ0n) is 10.3. The fourth-order valence-corrected chi connectivity index (χ4v) is 2.45. The summed E-state index contributed by atoms with van der Waals surface area (Å²) in [6.07, 6.45) is 2.33. The molecule has 2 N–H and O–H groups in total. The summed E-state index contributed by atoms with van der Waals surface area (Å²) >= 11 is 2.20.